The van der Waals surface area contributed by atoms with E-state index >= 15 is 0 Å². The van der Waals surface area contributed by atoms with Crippen LogP contribution in [0, 0.1) is 0 Å². The van der Waals surface area contributed by atoms with Crippen molar-refractivity contribution in [1.29, 1.82) is 0 Å². The second-order valence-corrected chi connectivity index (χ2v) is 4.62. The van der Waals surface area contributed by atoms with Gasteiger partial charge in [0.1, 0.15) is 10.5 Å². The summed E-state index contributed by atoms with van der Waals surface area (Å²) in [6.45, 7) is 2.51. The first-order valence-corrected chi connectivity index (χ1v) is 5.79. The summed E-state index contributed by atoms with van der Waals surface area (Å²) in [5.74, 6) is -0.262. The van der Waals surface area contributed by atoms with Gasteiger partial charge in [0.15, 0.2) is 0 Å². The third kappa shape index (κ3) is 2.21. The van der Waals surface area contributed by atoms with Crippen molar-refractivity contribution in [1.82, 2.24) is 14.9 Å². The van der Waals surface area contributed by atoms with E-state index in [9.17, 15) is 9.90 Å². The molecule has 16 heavy (non-hydrogen) atoms. The Hall–Kier alpha value is -1.05. The minimum atomic E-state index is -0.965. The summed E-state index contributed by atoms with van der Waals surface area (Å²) >= 11 is 1.03. The van der Waals surface area contributed by atoms with Gasteiger partial charge in [0.25, 0.3) is 5.91 Å². The third-order valence-corrected chi connectivity index (χ3v) is 3.46. The van der Waals surface area contributed by atoms with E-state index in [1.165, 1.54) is 6.20 Å². The Kier molecular flexibility index (Phi) is 3.17. The van der Waals surface area contributed by atoms with Gasteiger partial charge in [0.2, 0.25) is 0 Å². The molecule has 0 aromatic carbocycles. The van der Waals surface area contributed by atoms with Crippen LogP contribution < -0.4 is 5.32 Å². The van der Waals surface area contributed by atoms with E-state index in [0.29, 0.717) is 17.9 Å². The van der Waals surface area contributed by atoms with E-state index in [1.807, 2.05) is 0 Å². The number of aliphatic hydroxyl groups is 1. The van der Waals surface area contributed by atoms with Gasteiger partial charge in [-0.25, -0.2) is 0 Å². The molecule has 2 atom stereocenters. The third-order valence-electron chi connectivity index (χ3n) is 2.80. The first-order valence-electron chi connectivity index (χ1n) is 5.01. The summed E-state index contributed by atoms with van der Waals surface area (Å²) in [5, 5.41) is 16.4. The standard InChI is InChI=1S/C9H13N3O3S/c1-6-9(14,2-3-15-6)5-10-8(13)7-4-11-12-16-7/h4,6,14H,2-3,5H2,1H3,(H,10,13). The van der Waals surface area contributed by atoms with E-state index < -0.39 is 5.60 Å². The summed E-state index contributed by atoms with van der Waals surface area (Å²) in [6.07, 6.45) is 1.68. The molecule has 1 amide bonds. The van der Waals surface area contributed by atoms with E-state index in [0.717, 1.165) is 11.5 Å². The lowest BCUT2D eigenvalue weighted by atomic mass is 9.97. The van der Waals surface area contributed by atoms with Crippen molar-refractivity contribution in [2.45, 2.75) is 25.0 Å². The van der Waals surface area contributed by atoms with Crippen molar-refractivity contribution >= 4 is 17.4 Å². The van der Waals surface area contributed by atoms with Gasteiger partial charge in [-0.1, -0.05) is 4.49 Å². The second kappa shape index (κ2) is 4.44. The maximum absolute atomic E-state index is 11.6. The highest BCUT2D eigenvalue weighted by Crippen LogP contribution is 2.24. The van der Waals surface area contributed by atoms with Crippen molar-refractivity contribution < 1.29 is 14.6 Å². The van der Waals surface area contributed by atoms with Crippen molar-refractivity contribution in [3.63, 3.8) is 0 Å². The fourth-order valence-electron chi connectivity index (χ4n) is 1.59. The molecule has 6 nitrogen and oxygen atoms in total. The molecule has 1 aliphatic rings. The molecular formula is C9H13N3O3S. The van der Waals surface area contributed by atoms with Gasteiger partial charge in [0.05, 0.1) is 12.3 Å². The maximum Gasteiger partial charge on any atom is 0.264 e. The van der Waals surface area contributed by atoms with E-state index in [4.69, 9.17) is 4.74 Å². The fraction of sp³-hybridized carbons (Fsp3) is 0.667. The van der Waals surface area contributed by atoms with Crippen LogP contribution in [0.4, 0.5) is 0 Å². The van der Waals surface area contributed by atoms with Gasteiger partial charge in [-0.15, -0.1) is 5.10 Å². The van der Waals surface area contributed by atoms with Gasteiger partial charge in [-0.05, 0) is 18.5 Å². The van der Waals surface area contributed by atoms with Gasteiger partial charge >= 0.3 is 0 Å². The van der Waals surface area contributed by atoms with Crippen molar-refractivity contribution in [3.05, 3.63) is 11.1 Å². The molecule has 2 heterocycles. The van der Waals surface area contributed by atoms with Crippen LogP contribution in [0.2, 0.25) is 0 Å². The molecular weight excluding hydrogens is 230 g/mol. The Labute approximate surface area is 96.8 Å². The Morgan fingerprint density at radius 1 is 1.88 bits per heavy atom. The average molecular weight is 243 g/mol. The summed E-state index contributed by atoms with van der Waals surface area (Å²) in [5.41, 5.74) is -0.965. The molecule has 2 unspecified atom stereocenters. The molecule has 2 rings (SSSR count). The van der Waals surface area contributed by atoms with Crippen LogP contribution >= 0.6 is 11.5 Å². The van der Waals surface area contributed by atoms with Gasteiger partial charge in [-0.2, -0.15) is 0 Å². The molecule has 0 saturated carbocycles. The predicted molar refractivity (Wildman–Crippen MR) is 57.2 cm³/mol. The maximum atomic E-state index is 11.6. The molecule has 1 fully saturated rings. The fourth-order valence-corrected chi connectivity index (χ4v) is 2.02. The molecule has 2 N–H and O–H groups in total. The number of nitrogens with one attached hydrogen (secondary N) is 1. The molecule has 1 aliphatic heterocycles. The average Bonchev–Trinajstić information content (AvgIpc) is 2.87. The minimum absolute atomic E-state index is 0.185. The summed E-state index contributed by atoms with van der Waals surface area (Å²) in [7, 11) is 0. The zero-order valence-electron chi connectivity index (χ0n) is 8.84. The SMILES string of the molecule is CC1OCCC1(O)CNC(=O)c1cnns1. The van der Waals surface area contributed by atoms with E-state index in [2.05, 4.69) is 14.9 Å². The molecule has 0 bridgehead atoms. The topological polar surface area (TPSA) is 84.3 Å². The number of hydrogen-bond donors (Lipinski definition) is 2. The molecule has 1 saturated heterocycles. The Morgan fingerprint density at radius 3 is 3.25 bits per heavy atom. The van der Waals surface area contributed by atoms with Crippen LogP contribution in [-0.4, -0.2) is 45.5 Å². The quantitative estimate of drug-likeness (QED) is 0.768. The molecule has 0 radical (unpaired) electrons. The van der Waals surface area contributed by atoms with Gasteiger partial charge in [-0.3, -0.25) is 4.79 Å². The van der Waals surface area contributed by atoms with Crippen molar-refractivity contribution in [2.24, 2.45) is 0 Å². The lowest BCUT2D eigenvalue weighted by molar-refractivity contribution is -0.0251. The highest BCUT2D eigenvalue weighted by Gasteiger charge is 2.39. The monoisotopic (exact) mass is 243 g/mol. The normalized spacial score (nSPS) is 29.2. The van der Waals surface area contributed by atoms with Gasteiger partial charge < -0.3 is 15.2 Å². The molecule has 1 aromatic rings. The molecule has 1 aromatic heterocycles. The minimum Gasteiger partial charge on any atom is -0.385 e. The molecule has 0 aliphatic carbocycles. The lowest BCUT2D eigenvalue weighted by Crippen LogP contribution is -2.47. The Bertz CT molecular complexity index is 370. The van der Waals surface area contributed by atoms with Crippen LogP contribution in [0.1, 0.15) is 23.0 Å². The van der Waals surface area contributed by atoms with Crippen LogP contribution in [0.15, 0.2) is 6.20 Å². The predicted octanol–water partition coefficient (Wildman–Crippen LogP) is -0.192. The summed E-state index contributed by atoms with van der Waals surface area (Å²) in [4.78, 5) is 12.0. The number of hydrogen-bond acceptors (Lipinski definition) is 6. The number of nitrogens with zero attached hydrogens (tertiary/aromatic N) is 2. The van der Waals surface area contributed by atoms with Crippen LogP contribution in [-0.2, 0) is 4.74 Å². The van der Waals surface area contributed by atoms with Crippen LogP contribution in [0.5, 0.6) is 0 Å². The number of carbonyl (C=O) groups is 1. The first-order chi connectivity index (χ1) is 7.62. The first kappa shape index (κ1) is 11.4. The highest BCUT2D eigenvalue weighted by molar-refractivity contribution is 7.07. The summed E-state index contributed by atoms with van der Waals surface area (Å²) < 4.78 is 8.87. The largest absolute Gasteiger partial charge is 0.385 e. The number of aromatic nitrogens is 2. The van der Waals surface area contributed by atoms with Crippen LogP contribution in [0.3, 0.4) is 0 Å². The molecule has 88 valence electrons. The zero-order valence-corrected chi connectivity index (χ0v) is 9.66. The number of ether oxygens (including phenoxy) is 1. The second-order valence-electron chi connectivity index (χ2n) is 3.83. The number of amides is 1. The van der Waals surface area contributed by atoms with Gasteiger partial charge in [0, 0.05) is 19.6 Å². The zero-order chi connectivity index (χ0) is 11.6. The number of rotatable bonds is 3. The Morgan fingerprint density at radius 2 is 2.69 bits per heavy atom. The van der Waals surface area contributed by atoms with Crippen molar-refractivity contribution in [3.8, 4) is 0 Å². The highest BCUT2D eigenvalue weighted by atomic mass is 32.1. The van der Waals surface area contributed by atoms with Crippen LogP contribution in [0.25, 0.3) is 0 Å². The summed E-state index contributed by atoms with van der Waals surface area (Å²) in [6, 6.07) is 0. The molecule has 0 spiro atoms. The molecule has 7 heteroatoms. The Balaban J connectivity index is 1.90. The van der Waals surface area contributed by atoms with E-state index in [1.54, 1.807) is 6.92 Å². The van der Waals surface area contributed by atoms with E-state index in [-0.39, 0.29) is 18.6 Å². The number of carbonyl (C=O) groups excluding carboxylic acids is 1. The lowest BCUT2D eigenvalue weighted by Gasteiger charge is -2.25. The van der Waals surface area contributed by atoms with Crippen molar-refractivity contribution in [2.75, 3.05) is 13.2 Å². The smallest absolute Gasteiger partial charge is 0.264 e.